The Kier molecular flexibility index (Phi) is 4.48. The van der Waals surface area contributed by atoms with Crippen LogP contribution in [-0.4, -0.2) is 42.9 Å². The third kappa shape index (κ3) is 3.16. The van der Waals surface area contributed by atoms with Crippen molar-refractivity contribution >= 4 is 11.9 Å². The average molecular weight is 355 g/mol. The number of nitrogens with zero attached hydrogens (tertiary/aromatic N) is 7. The first-order chi connectivity index (χ1) is 12.4. The van der Waals surface area contributed by atoms with Crippen LogP contribution in [0.4, 0.5) is 5.69 Å². The first-order valence-electron chi connectivity index (χ1n) is 7.73. The summed E-state index contributed by atoms with van der Waals surface area (Å²) in [5, 5.41) is 27.9. The number of rotatable bonds is 5. The van der Waals surface area contributed by atoms with Crippen molar-refractivity contribution < 1.29 is 9.66 Å². The van der Waals surface area contributed by atoms with Crippen LogP contribution in [0.1, 0.15) is 22.8 Å². The quantitative estimate of drug-likeness (QED) is 0.394. The largest absolute Gasteiger partial charge is 0.496 e. The minimum absolute atomic E-state index is 0.0495. The van der Waals surface area contributed by atoms with Crippen LogP contribution in [-0.2, 0) is 0 Å². The number of hydrogen-bond donors (Lipinski definition) is 0. The number of methoxy groups -OCH3 is 1. The summed E-state index contributed by atoms with van der Waals surface area (Å²) in [7, 11) is 1.49. The van der Waals surface area contributed by atoms with Crippen LogP contribution < -0.4 is 4.74 Å². The van der Waals surface area contributed by atoms with Gasteiger partial charge in [-0.2, -0.15) is 14.9 Å². The highest BCUT2D eigenvalue weighted by Crippen LogP contribution is 2.22. The molecule has 134 valence electrons. The minimum atomic E-state index is -0.470. The van der Waals surface area contributed by atoms with E-state index in [1.807, 2.05) is 19.9 Å². The summed E-state index contributed by atoms with van der Waals surface area (Å²) < 4.78 is 8.39. The van der Waals surface area contributed by atoms with Crippen LogP contribution in [0.25, 0.3) is 5.95 Å². The van der Waals surface area contributed by atoms with Gasteiger partial charge in [-0.3, -0.25) is 10.1 Å². The van der Waals surface area contributed by atoms with Crippen molar-refractivity contribution in [2.24, 2.45) is 5.10 Å². The number of aromatic nitrogens is 5. The molecule has 10 nitrogen and oxygen atoms in total. The lowest BCUT2D eigenvalue weighted by Crippen LogP contribution is -2.08. The highest BCUT2D eigenvalue weighted by molar-refractivity contribution is 5.84. The van der Waals surface area contributed by atoms with Gasteiger partial charge >= 0.3 is 0 Å². The number of ether oxygens (including phenoxy) is 1. The van der Waals surface area contributed by atoms with E-state index in [1.54, 1.807) is 11.6 Å². The molecule has 2 aromatic heterocycles. The lowest BCUT2D eigenvalue weighted by atomic mass is 10.2. The normalized spacial score (nSPS) is 11.2. The molecular formula is C16H17N7O3. The Morgan fingerprint density at radius 1 is 1.23 bits per heavy atom. The Morgan fingerprint density at radius 2 is 2.00 bits per heavy atom. The number of nitro benzene ring substituents is 1. The molecule has 0 bridgehead atoms. The fraction of sp³-hybridized carbons (Fsp3) is 0.250. The van der Waals surface area contributed by atoms with Crippen LogP contribution in [0.15, 0.2) is 29.4 Å². The van der Waals surface area contributed by atoms with Crippen molar-refractivity contribution in [1.29, 1.82) is 0 Å². The molecule has 0 unspecified atom stereocenters. The minimum Gasteiger partial charge on any atom is -0.496 e. The lowest BCUT2D eigenvalue weighted by molar-refractivity contribution is -0.384. The van der Waals surface area contributed by atoms with Crippen molar-refractivity contribution in [3.8, 4) is 11.7 Å². The van der Waals surface area contributed by atoms with E-state index in [0.717, 1.165) is 11.4 Å². The highest BCUT2D eigenvalue weighted by atomic mass is 16.6. The van der Waals surface area contributed by atoms with E-state index in [1.165, 1.54) is 36.2 Å². The second-order valence-corrected chi connectivity index (χ2v) is 5.63. The van der Waals surface area contributed by atoms with Crippen LogP contribution in [0.3, 0.4) is 0 Å². The van der Waals surface area contributed by atoms with E-state index in [2.05, 4.69) is 20.4 Å². The van der Waals surface area contributed by atoms with E-state index in [4.69, 9.17) is 4.74 Å². The molecule has 0 fully saturated rings. The maximum absolute atomic E-state index is 11.0. The average Bonchev–Trinajstić information content (AvgIpc) is 3.13. The first kappa shape index (κ1) is 17.3. The molecule has 1 aromatic carbocycles. The maximum Gasteiger partial charge on any atom is 0.273 e. The van der Waals surface area contributed by atoms with Crippen LogP contribution in [0.5, 0.6) is 5.75 Å². The Balaban J connectivity index is 2.05. The third-order valence-corrected chi connectivity index (χ3v) is 3.72. The standard InChI is InChI=1S/C16H17N7O3/c1-10-7-11(2)21(20-10)16-19-18-12(3)22(16)17-9-13-8-14(23(24)25)5-6-15(13)26-4/h5-9H,1-4H3/b17-9-. The van der Waals surface area contributed by atoms with E-state index >= 15 is 0 Å². The van der Waals surface area contributed by atoms with Gasteiger partial charge in [0.2, 0.25) is 0 Å². The Morgan fingerprint density at radius 3 is 2.62 bits per heavy atom. The van der Waals surface area contributed by atoms with E-state index < -0.39 is 4.92 Å². The van der Waals surface area contributed by atoms with Gasteiger partial charge in [-0.15, -0.1) is 10.2 Å². The number of hydrogen-bond acceptors (Lipinski definition) is 7. The third-order valence-electron chi connectivity index (χ3n) is 3.72. The molecule has 2 heterocycles. The van der Waals surface area contributed by atoms with Crippen molar-refractivity contribution in [2.75, 3.05) is 7.11 Å². The molecule has 0 N–H and O–H groups in total. The molecular weight excluding hydrogens is 338 g/mol. The van der Waals surface area contributed by atoms with Gasteiger partial charge < -0.3 is 4.74 Å². The van der Waals surface area contributed by atoms with Gasteiger partial charge in [-0.1, -0.05) is 0 Å². The number of non-ortho nitro benzene ring substituents is 1. The molecule has 0 aliphatic carbocycles. The van der Waals surface area contributed by atoms with Gasteiger partial charge in [0, 0.05) is 23.4 Å². The summed E-state index contributed by atoms with van der Waals surface area (Å²) in [5.41, 5.74) is 2.15. The number of nitro groups is 1. The van der Waals surface area contributed by atoms with Gasteiger partial charge in [0.05, 0.1) is 23.9 Å². The summed E-state index contributed by atoms with van der Waals surface area (Å²) in [4.78, 5) is 10.5. The molecule has 0 atom stereocenters. The molecule has 0 aliphatic rings. The molecule has 0 radical (unpaired) electrons. The molecule has 0 saturated heterocycles. The van der Waals surface area contributed by atoms with Crippen LogP contribution in [0.2, 0.25) is 0 Å². The predicted molar refractivity (Wildman–Crippen MR) is 94.0 cm³/mol. The van der Waals surface area contributed by atoms with Crippen molar-refractivity contribution in [2.45, 2.75) is 20.8 Å². The fourth-order valence-electron chi connectivity index (χ4n) is 2.50. The zero-order valence-corrected chi connectivity index (χ0v) is 14.7. The van der Waals surface area contributed by atoms with Crippen molar-refractivity contribution in [3.63, 3.8) is 0 Å². The predicted octanol–water partition coefficient (Wildman–Crippen LogP) is 2.19. The highest BCUT2D eigenvalue weighted by Gasteiger charge is 2.14. The topological polar surface area (TPSA) is 113 Å². The van der Waals surface area contributed by atoms with E-state index in [-0.39, 0.29) is 5.69 Å². The van der Waals surface area contributed by atoms with Gasteiger partial charge in [0.15, 0.2) is 5.82 Å². The second-order valence-electron chi connectivity index (χ2n) is 5.63. The van der Waals surface area contributed by atoms with Gasteiger partial charge in [-0.05, 0) is 32.9 Å². The zero-order valence-electron chi connectivity index (χ0n) is 14.7. The maximum atomic E-state index is 11.0. The molecule has 26 heavy (non-hydrogen) atoms. The molecule has 10 heteroatoms. The van der Waals surface area contributed by atoms with Gasteiger partial charge in [0.25, 0.3) is 11.6 Å². The summed E-state index contributed by atoms with van der Waals surface area (Å²) in [6.45, 7) is 5.54. The van der Waals surface area contributed by atoms with E-state index in [9.17, 15) is 10.1 Å². The number of aryl methyl sites for hydroxylation is 3. The summed E-state index contributed by atoms with van der Waals surface area (Å²) in [6.07, 6.45) is 1.47. The van der Waals surface area contributed by atoms with Gasteiger partial charge in [-0.25, -0.2) is 4.68 Å². The van der Waals surface area contributed by atoms with Crippen molar-refractivity contribution in [1.82, 2.24) is 24.7 Å². The van der Waals surface area contributed by atoms with Crippen LogP contribution >= 0.6 is 0 Å². The Bertz CT molecular complexity index is 1000. The lowest BCUT2D eigenvalue weighted by Gasteiger charge is -2.06. The van der Waals surface area contributed by atoms with Crippen LogP contribution in [0, 0.1) is 30.9 Å². The molecule has 0 saturated carbocycles. The molecule has 3 aromatic rings. The van der Waals surface area contributed by atoms with Crippen molar-refractivity contribution in [3.05, 3.63) is 57.2 Å². The molecule has 3 rings (SSSR count). The SMILES string of the molecule is COc1ccc([N+](=O)[O-])cc1/C=N\n1c(C)nnc1-n1nc(C)cc1C. The summed E-state index contributed by atoms with van der Waals surface area (Å²) in [5.74, 6) is 1.44. The Hall–Kier alpha value is -3.56. The second kappa shape index (κ2) is 6.75. The molecule has 0 amide bonds. The smallest absolute Gasteiger partial charge is 0.273 e. The fourth-order valence-corrected chi connectivity index (χ4v) is 2.50. The molecule has 0 aliphatic heterocycles. The summed E-state index contributed by atoms with van der Waals surface area (Å²) >= 11 is 0. The Labute approximate surface area is 148 Å². The molecule has 0 spiro atoms. The first-order valence-corrected chi connectivity index (χ1v) is 7.73. The number of benzene rings is 1. The summed E-state index contributed by atoms with van der Waals surface area (Å²) in [6, 6.07) is 6.22. The zero-order chi connectivity index (χ0) is 18.8. The van der Waals surface area contributed by atoms with E-state index in [0.29, 0.717) is 23.1 Å². The monoisotopic (exact) mass is 355 g/mol. The van der Waals surface area contributed by atoms with Gasteiger partial charge in [0.1, 0.15) is 5.75 Å².